The topological polar surface area (TPSA) is 32.9 Å². The van der Waals surface area contributed by atoms with Crippen LogP contribution in [0.5, 0.6) is 0 Å². The minimum Gasteiger partial charge on any atom is -0.360 e. The Labute approximate surface area is 121 Å². The maximum atomic E-state index is 13.8. The summed E-state index contributed by atoms with van der Waals surface area (Å²) in [6, 6.07) is 8.60. The number of H-pyrrole nitrogens is 1. The van der Waals surface area contributed by atoms with Crippen LogP contribution in [0.15, 0.2) is 47.1 Å². The van der Waals surface area contributed by atoms with Gasteiger partial charge in [0, 0.05) is 22.7 Å². The van der Waals surface area contributed by atoms with Gasteiger partial charge in [0.2, 0.25) is 0 Å². The minimum atomic E-state index is -0.531. The molecule has 1 N–H and O–H groups in total. The summed E-state index contributed by atoms with van der Waals surface area (Å²) in [4.78, 5) is 15.2. The molecule has 2 nitrogen and oxygen atoms in total. The number of fused-ring (bicyclic) bond motifs is 1. The largest absolute Gasteiger partial charge is 0.360 e. The molecule has 0 aliphatic rings. The van der Waals surface area contributed by atoms with Crippen LogP contribution in [0, 0.1) is 11.6 Å². The molecule has 100 valence electrons. The van der Waals surface area contributed by atoms with Gasteiger partial charge in [-0.2, -0.15) is 0 Å². The molecular weight excluding hydrogens is 328 g/mol. The Hall–Kier alpha value is -2.01. The Morgan fingerprint density at radius 1 is 1.10 bits per heavy atom. The molecule has 1 aromatic heterocycles. The summed E-state index contributed by atoms with van der Waals surface area (Å²) in [7, 11) is 0. The lowest BCUT2D eigenvalue weighted by Gasteiger charge is -2.02. The van der Waals surface area contributed by atoms with Gasteiger partial charge in [-0.15, -0.1) is 0 Å². The normalized spacial score (nSPS) is 10.9. The summed E-state index contributed by atoms with van der Waals surface area (Å²) in [5, 5.41) is 0.223. The first-order valence-corrected chi connectivity index (χ1v) is 6.62. The number of halogens is 3. The molecule has 0 aliphatic heterocycles. The molecule has 3 rings (SSSR count). The Kier molecular flexibility index (Phi) is 3.14. The molecule has 0 unspecified atom stereocenters. The van der Waals surface area contributed by atoms with Crippen LogP contribution in [-0.4, -0.2) is 10.8 Å². The first-order chi connectivity index (χ1) is 9.58. The highest BCUT2D eigenvalue weighted by Crippen LogP contribution is 2.25. The van der Waals surface area contributed by atoms with Crippen molar-refractivity contribution in [3.8, 4) is 0 Å². The number of aromatic amines is 1. The Balaban J connectivity index is 2.15. The van der Waals surface area contributed by atoms with Crippen molar-refractivity contribution in [3.05, 3.63) is 69.8 Å². The van der Waals surface area contributed by atoms with Crippen molar-refractivity contribution in [3.63, 3.8) is 0 Å². The third kappa shape index (κ3) is 2.04. The Bertz CT molecular complexity index is 826. The van der Waals surface area contributed by atoms with Crippen molar-refractivity contribution in [2.45, 2.75) is 0 Å². The van der Waals surface area contributed by atoms with E-state index in [9.17, 15) is 13.6 Å². The average Bonchev–Trinajstić information content (AvgIpc) is 2.86. The van der Waals surface area contributed by atoms with Gasteiger partial charge in [0.05, 0.1) is 10.0 Å². The number of ketones is 1. The molecule has 2 aromatic carbocycles. The van der Waals surface area contributed by atoms with Gasteiger partial charge in [-0.05, 0) is 46.3 Å². The molecule has 1 heterocycles. The van der Waals surface area contributed by atoms with E-state index in [1.807, 2.05) is 0 Å². The standard InChI is InChI=1S/C15H8BrF2NO/c16-10-5-4-8(6-12(10)18)15(20)9-7-19-13-3-1-2-11(17)14(9)13/h1-7,19H. The van der Waals surface area contributed by atoms with Gasteiger partial charge in [0.1, 0.15) is 11.6 Å². The van der Waals surface area contributed by atoms with Gasteiger partial charge in [0.15, 0.2) is 5.78 Å². The molecule has 0 fully saturated rings. The average molecular weight is 336 g/mol. The first-order valence-electron chi connectivity index (χ1n) is 5.83. The van der Waals surface area contributed by atoms with Crippen LogP contribution < -0.4 is 0 Å². The van der Waals surface area contributed by atoms with Gasteiger partial charge < -0.3 is 4.98 Å². The van der Waals surface area contributed by atoms with E-state index in [1.54, 1.807) is 12.1 Å². The van der Waals surface area contributed by atoms with E-state index < -0.39 is 17.4 Å². The zero-order chi connectivity index (χ0) is 14.3. The summed E-state index contributed by atoms with van der Waals surface area (Å²) in [5.74, 6) is -1.44. The van der Waals surface area contributed by atoms with Crippen molar-refractivity contribution < 1.29 is 13.6 Å². The Morgan fingerprint density at radius 3 is 2.65 bits per heavy atom. The van der Waals surface area contributed by atoms with Gasteiger partial charge in [-0.1, -0.05) is 6.07 Å². The number of carbonyl (C=O) groups is 1. The molecule has 5 heteroatoms. The van der Waals surface area contributed by atoms with Gasteiger partial charge in [-0.3, -0.25) is 4.79 Å². The molecular formula is C15H8BrF2NO. The first kappa shape index (κ1) is 13.0. The molecule has 0 atom stereocenters. The van der Waals surface area contributed by atoms with Crippen LogP contribution in [0.25, 0.3) is 10.9 Å². The number of hydrogen-bond donors (Lipinski definition) is 1. The lowest BCUT2D eigenvalue weighted by atomic mass is 10.0. The maximum Gasteiger partial charge on any atom is 0.195 e. The van der Waals surface area contributed by atoms with Gasteiger partial charge >= 0.3 is 0 Å². The van der Waals surface area contributed by atoms with E-state index >= 15 is 0 Å². The third-order valence-electron chi connectivity index (χ3n) is 3.08. The van der Waals surface area contributed by atoms with Crippen LogP contribution in [-0.2, 0) is 0 Å². The third-order valence-corrected chi connectivity index (χ3v) is 3.72. The highest BCUT2D eigenvalue weighted by atomic mass is 79.9. The Morgan fingerprint density at radius 2 is 1.90 bits per heavy atom. The van der Waals surface area contributed by atoms with Crippen LogP contribution in [0.4, 0.5) is 8.78 Å². The fourth-order valence-electron chi connectivity index (χ4n) is 2.11. The predicted octanol–water partition coefficient (Wildman–Crippen LogP) is 4.44. The summed E-state index contributed by atoms with van der Waals surface area (Å²) < 4.78 is 27.6. The quantitative estimate of drug-likeness (QED) is 0.690. The lowest BCUT2D eigenvalue weighted by molar-refractivity contribution is 0.103. The van der Waals surface area contributed by atoms with Crippen molar-refractivity contribution in [2.24, 2.45) is 0 Å². The van der Waals surface area contributed by atoms with E-state index in [1.165, 1.54) is 24.4 Å². The van der Waals surface area contributed by atoms with Crippen LogP contribution in [0.3, 0.4) is 0 Å². The zero-order valence-electron chi connectivity index (χ0n) is 10.1. The molecule has 0 spiro atoms. The van der Waals surface area contributed by atoms with Crippen molar-refractivity contribution >= 4 is 32.6 Å². The second-order valence-corrected chi connectivity index (χ2v) is 5.18. The van der Waals surface area contributed by atoms with Crippen molar-refractivity contribution in [1.29, 1.82) is 0 Å². The molecule has 3 aromatic rings. The van der Waals surface area contributed by atoms with Crippen molar-refractivity contribution in [1.82, 2.24) is 4.98 Å². The van der Waals surface area contributed by atoms with E-state index in [0.29, 0.717) is 5.52 Å². The van der Waals surface area contributed by atoms with Crippen LogP contribution >= 0.6 is 15.9 Å². The number of carbonyl (C=O) groups excluding carboxylic acids is 1. The number of hydrogen-bond acceptors (Lipinski definition) is 1. The van der Waals surface area contributed by atoms with E-state index in [4.69, 9.17) is 0 Å². The number of aromatic nitrogens is 1. The molecule has 0 aliphatic carbocycles. The van der Waals surface area contributed by atoms with Crippen molar-refractivity contribution in [2.75, 3.05) is 0 Å². The summed E-state index contributed by atoms with van der Waals surface area (Å²) in [5.41, 5.74) is 0.903. The summed E-state index contributed by atoms with van der Waals surface area (Å²) in [6.45, 7) is 0. The van der Waals surface area contributed by atoms with Gasteiger partial charge in [-0.25, -0.2) is 8.78 Å². The lowest BCUT2D eigenvalue weighted by Crippen LogP contribution is -2.01. The fraction of sp³-hybridized carbons (Fsp3) is 0. The minimum absolute atomic E-state index is 0.176. The smallest absolute Gasteiger partial charge is 0.195 e. The highest BCUT2D eigenvalue weighted by Gasteiger charge is 2.17. The molecule has 0 radical (unpaired) electrons. The van der Waals surface area contributed by atoms with E-state index in [0.717, 1.165) is 6.07 Å². The highest BCUT2D eigenvalue weighted by molar-refractivity contribution is 9.10. The molecule has 0 saturated carbocycles. The number of rotatable bonds is 2. The molecule has 0 bridgehead atoms. The molecule has 20 heavy (non-hydrogen) atoms. The van der Waals surface area contributed by atoms with E-state index in [2.05, 4.69) is 20.9 Å². The summed E-state index contributed by atoms with van der Waals surface area (Å²) in [6.07, 6.45) is 1.44. The summed E-state index contributed by atoms with van der Waals surface area (Å²) >= 11 is 3.03. The van der Waals surface area contributed by atoms with Crippen LogP contribution in [0.2, 0.25) is 0 Å². The predicted molar refractivity (Wildman–Crippen MR) is 75.8 cm³/mol. The zero-order valence-corrected chi connectivity index (χ0v) is 11.7. The fourth-order valence-corrected chi connectivity index (χ4v) is 2.36. The maximum absolute atomic E-state index is 13.8. The van der Waals surface area contributed by atoms with E-state index in [-0.39, 0.29) is 21.0 Å². The van der Waals surface area contributed by atoms with Crippen LogP contribution in [0.1, 0.15) is 15.9 Å². The molecule has 0 amide bonds. The SMILES string of the molecule is O=C(c1ccc(Br)c(F)c1)c1c[nH]c2cccc(F)c12. The number of nitrogens with one attached hydrogen (secondary N) is 1. The number of benzene rings is 2. The monoisotopic (exact) mass is 335 g/mol. The second-order valence-electron chi connectivity index (χ2n) is 4.32. The van der Waals surface area contributed by atoms with Gasteiger partial charge in [0.25, 0.3) is 0 Å². The molecule has 0 saturated heterocycles. The second kappa shape index (κ2) is 4.83.